The third-order valence-electron chi connectivity index (χ3n) is 6.37. The summed E-state index contributed by atoms with van der Waals surface area (Å²) in [5.41, 5.74) is 1.20. The number of carbonyl (C=O) groups excluding carboxylic acids is 2. The zero-order chi connectivity index (χ0) is 28.1. The Kier molecular flexibility index (Phi) is 9.29. The number of alkyl halides is 6. The Hall–Kier alpha value is -3.28. The molecule has 0 atom stereocenters. The van der Waals surface area contributed by atoms with Gasteiger partial charge in [-0.05, 0) is 55.8 Å². The van der Waals surface area contributed by atoms with E-state index in [1.165, 1.54) is 23.1 Å². The minimum Gasteiger partial charge on any atom is -0.376 e. The van der Waals surface area contributed by atoms with Crippen molar-refractivity contribution in [2.24, 2.45) is 0 Å². The predicted octanol–water partition coefficient (Wildman–Crippen LogP) is 4.20. The van der Waals surface area contributed by atoms with Crippen molar-refractivity contribution in [1.29, 1.82) is 0 Å². The fourth-order valence-electron chi connectivity index (χ4n) is 4.36. The van der Waals surface area contributed by atoms with Crippen molar-refractivity contribution in [3.63, 3.8) is 0 Å². The molecular weight excluding hydrogens is 514 g/mol. The van der Waals surface area contributed by atoms with E-state index in [4.69, 9.17) is 0 Å². The van der Waals surface area contributed by atoms with E-state index in [0.717, 1.165) is 16.5 Å². The van der Waals surface area contributed by atoms with E-state index in [-0.39, 0.29) is 51.1 Å². The van der Waals surface area contributed by atoms with Crippen molar-refractivity contribution in [2.45, 2.75) is 31.7 Å². The van der Waals surface area contributed by atoms with Gasteiger partial charge >= 0.3 is 18.3 Å². The summed E-state index contributed by atoms with van der Waals surface area (Å²) in [6, 6.07) is 10.3. The van der Waals surface area contributed by atoms with Crippen molar-refractivity contribution in [3.8, 4) is 0 Å². The number of fused-ring (bicyclic) bond motifs is 1. The number of anilines is 1. The maximum absolute atomic E-state index is 13.5. The lowest BCUT2D eigenvalue weighted by atomic mass is 10.0. The lowest BCUT2D eigenvalue weighted by Gasteiger charge is -2.26. The molecule has 0 radical (unpaired) electrons. The van der Waals surface area contributed by atoms with Crippen LogP contribution in [0.15, 0.2) is 42.5 Å². The van der Waals surface area contributed by atoms with Crippen LogP contribution in [0.5, 0.6) is 0 Å². The van der Waals surface area contributed by atoms with Crippen LogP contribution in [0.25, 0.3) is 0 Å². The number of nitrogens with zero attached hydrogens (tertiary/aromatic N) is 3. The molecule has 2 amide bonds. The molecule has 208 valence electrons. The first kappa shape index (κ1) is 29.3. The van der Waals surface area contributed by atoms with Crippen LogP contribution in [-0.2, 0) is 35.2 Å². The number of hydrogen-bond acceptors (Lipinski definition) is 4. The standard InChI is InChI=1S/C26H30F6N4O2/c1-34(2)14-15-36(17-19-6-3-4-8-21(19)25(27,28)29)23(37)16-33-22-9-5-7-18-10-12-35(13-11-20(18)22)24(38)26(30,31)32/h3-9,33H,10-17H2,1-2H3. The largest absolute Gasteiger partial charge is 0.471 e. The van der Waals surface area contributed by atoms with Gasteiger partial charge in [-0.15, -0.1) is 0 Å². The monoisotopic (exact) mass is 544 g/mol. The summed E-state index contributed by atoms with van der Waals surface area (Å²) in [6.07, 6.45) is -9.12. The molecule has 0 saturated carbocycles. The van der Waals surface area contributed by atoms with Gasteiger partial charge in [-0.2, -0.15) is 26.3 Å². The maximum Gasteiger partial charge on any atom is 0.471 e. The van der Waals surface area contributed by atoms with Crippen molar-refractivity contribution < 1.29 is 35.9 Å². The Morgan fingerprint density at radius 3 is 2.26 bits per heavy atom. The molecule has 12 heteroatoms. The molecule has 0 aromatic heterocycles. The van der Waals surface area contributed by atoms with E-state index in [1.54, 1.807) is 32.3 Å². The topological polar surface area (TPSA) is 55.9 Å². The molecule has 2 aromatic carbocycles. The van der Waals surface area contributed by atoms with E-state index in [2.05, 4.69) is 5.32 Å². The van der Waals surface area contributed by atoms with Gasteiger partial charge in [-0.3, -0.25) is 9.59 Å². The van der Waals surface area contributed by atoms with Gasteiger partial charge < -0.3 is 20.0 Å². The van der Waals surface area contributed by atoms with Crippen LogP contribution in [0.3, 0.4) is 0 Å². The first-order valence-electron chi connectivity index (χ1n) is 12.1. The van der Waals surface area contributed by atoms with Gasteiger partial charge in [0, 0.05) is 38.4 Å². The molecule has 0 bridgehead atoms. The van der Waals surface area contributed by atoms with E-state index >= 15 is 0 Å². The Morgan fingerprint density at radius 1 is 0.921 bits per heavy atom. The molecule has 1 heterocycles. The van der Waals surface area contributed by atoms with Gasteiger partial charge in [0.25, 0.3) is 0 Å². The van der Waals surface area contributed by atoms with Crippen LogP contribution in [-0.4, -0.2) is 79.5 Å². The number of benzene rings is 2. The molecule has 1 aliphatic heterocycles. The molecule has 1 N–H and O–H groups in total. The maximum atomic E-state index is 13.5. The molecule has 0 spiro atoms. The quantitative estimate of drug-likeness (QED) is 0.507. The Balaban J connectivity index is 1.74. The first-order chi connectivity index (χ1) is 17.8. The Morgan fingerprint density at radius 2 is 1.61 bits per heavy atom. The van der Waals surface area contributed by atoms with Gasteiger partial charge in [0.2, 0.25) is 5.91 Å². The van der Waals surface area contributed by atoms with Crippen LogP contribution in [0.4, 0.5) is 32.0 Å². The number of hydrogen-bond donors (Lipinski definition) is 1. The highest BCUT2D eigenvalue weighted by Gasteiger charge is 2.42. The van der Waals surface area contributed by atoms with Crippen LogP contribution in [0, 0.1) is 0 Å². The summed E-state index contributed by atoms with van der Waals surface area (Å²) in [7, 11) is 3.58. The highest BCUT2D eigenvalue weighted by Crippen LogP contribution is 2.32. The first-order valence-corrected chi connectivity index (χ1v) is 12.1. The zero-order valence-electron chi connectivity index (χ0n) is 21.1. The summed E-state index contributed by atoms with van der Waals surface area (Å²) in [5.74, 6) is -2.31. The number of rotatable bonds is 8. The predicted molar refractivity (Wildman–Crippen MR) is 130 cm³/mol. The molecule has 6 nitrogen and oxygen atoms in total. The smallest absolute Gasteiger partial charge is 0.376 e. The SMILES string of the molecule is CN(C)CCN(Cc1ccccc1C(F)(F)F)C(=O)CNc1cccc2c1CCN(C(=O)C(F)(F)F)CC2. The molecule has 0 aliphatic carbocycles. The number of nitrogens with one attached hydrogen (secondary N) is 1. The van der Waals surface area contributed by atoms with Gasteiger partial charge in [0.1, 0.15) is 0 Å². The summed E-state index contributed by atoms with van der Waals surface area (Å²) in [5, 5.41) is 3.02. The zero-order valence-corrected chi connectivity index (χ0v) is 21.1. The fourth-order valence-corrected chi connectivity index (χ4v) is 4.36. The number of halogens is 6. The van der Waals surface area contributed by atoms with E-state index in [0.29, 0.717) is 17.8 Å². The summed E-state index contributed by atoms with van der Waals surface area (Å²) in [4.78, 5) is 28.8. The third kappa shape index (κ3) is 7.62. The molecule has 2 aromatic rings. The third-order valence-corrected chi connectivity index (χ3v) is 6.37. The number of amides is 2. The van der Waals surface area contributed by atoms with Gasteiger partial charge in [-0.25, -0.2) is 0 Å². The number of carbonyl (C=O) groups is 2. The molecule has 0 fully saturated rings. The molecular formula is C26H30F6N4O2. The van der Waals surface area contributed by atoms with Gasteiger partial charge in [-0.1, -0.05) is 30.3 Å². The van der Waals surface area contributed by atoms with Crippen LogP contribution >= 0.6 is 0 Å². The highest BCUT2D eigenvalue weighted by molar-refractivity contribution is 5.82. The second-order valence-electron chi connectivity index (χ2n) is 9.36. The minimum atomic E-state index is -4.95. The van der Waals surface area contributed by atoms with Crippen LogP contribution in [0.2, 0.25) is 0 Å². The average Bonchev–Trinajstić information content (AvgIpc) is 3.06. The Bertz CT molecular complexity index is 1130. The lowest BCUT2D eigenvalue weighted by Crippen LogP contribution is -2.42. The molecule has 0 unspecified atom stereocenters. The molecule has 38 heavy (non-hydrogen) atoms. The summed E-state index contributed by atoms with van der Waals surface area (Å²) >= 11 is 0. The van der Waals surface area contributed by atoms with Crippen molar-refractivity contribution >= 4 is 17.5 Å². The van der Waals surface area contributed by atoms with Gasteiger partial charge in [0.05, 0.1) is 12.1 Å². The average molecular weight is 545 g/mol. The van der Waals surface area contributed by atoms with Crippen LogP contribution in [0.1, 0.15) is 22.3 Å². The van der Waals surface area contributed by atoms with E-state index in [1.807, 2.05) is 4.90 Å². The molecule has 0 saturated heterocycles. The normalized spacial score (nSPS) is 14.2. The second kappa shape index (κ2) is 12.1. The molecule has 3 rings (SSSR count). The highest BCUT2D eigenvalue weighted by atomic mass is 19.4. The summed E-state index contributed by atoms with van der Waals surface area (Å²) < 4.78 is 79.2. The fraction of sp³-hybridized carbons (Fsp3) is 0.462. The van der Waals surface area contributed by atoms with Crippen molar-refractivity contribution in [3.05, 3.63) is 64.7 Å². The van der Waals surface area contributed by atoms with E-state index < -0.39 is 29.7 Å². The van der Waals surface area contributed by atoms with Gasteiger partial charge in [0.15, 0.2) is 0 Å². The Labute approximate surface area is 217 Å². The van der Waals surface area contributed by atoms with Crippen LogP contribution < -0.4 is 5.32 Å². The van der Waals surface area contributed by atoms with E-state index in [9.17, 15) is 35.9 Å². The minimum absolute atomic E-state index is 0.0184. The lowest BCUT2D eigenvalue weighted by molar-refractivity contribution is -0.185. The van der Waals surface area contributed by atoms with Crippen molar-refractivity contribution in [1.82, 2.24) is 14.7 Å². The molecule has 1 aliphatic rings. The number of likely N-dealkylation sites (N-methyl/N-ethyl adjacent to an activating group) is 1. The van der Waals surface area contributed by atoms with Crippen molar-refractivity contribution in [2.75, 3.05) is 52.1 Å². The second-order valence-corrected chi connectivity index (χ2v) is 9.36. The summed E-state index contributed by atoms with van der Waals surface area (Å²) in [6.45, 7) is -0.0224.